The quantitative estimate of drug-likeness (QED) is 0.740. The van der Waals surface area contributed by atoms with Gasteiger partial charge in [0.1, 0.15) is 5.60 Å². The Morgan fingerprint density at radius 3 is 2.78 bits per heavy atom. The summed E-state index contributed by atoms with van der Waals surface area (Å²) < 4.78 is 7.29. The molecule has 3 rings (SSSR count). The van der Waals surface area contributed by atoms with E-state index in [0.717, 1.165) is 17.0 Å². The van der Waals surface area contributed by atoms with Crippen LogP contribution in [0.3, 0.4) is 0 Å². The third-order valence-electron chi connectivity index (χ3n) is 3.32. The fraction of sp³-hybridized carbons (Fsp3) is 0.294. The van der Waals surface area contributed by atoms with Gasteiger partial charge in [-0.3, -0.25) is 5.32 Å². The summed E-state index contributed by atoms with van der Waals surface area (Å²) in [7, 11) is 0. The van der Waals surface area contributed by atoms with Crippen LogP contribution in [-0.4, -0.2) is 21.1 Å². The molecule has 1 amide bonds. The lowest BCUT2D eigenvalue weighted by atomic mass is 10.2. The number of aromatic nitrogens is 2. The Morgan fingerprint density at radius 1 is 1.35 bits per heavy atom. The molecular weight excluding hydrogens is 310 g/mol. The van der Waals surface area contributed by atoms with Crippen LogP contribution in [0.25, 0.3) is 16.9 Å². The summed E-state index contributed by atoms with van der Waals surface area (Å²) in [5.41, 5.74) is 3.83. The Bertz CT molecular complexity index is 845. The fourth-order valence-corrected chi connectivity index (χ4v) is 3.01. The number of thiophene rings is 1. The monoisotopic (exact) mass is 329 g/mol. The van der Waals surface area contributed by atoms with Gasteiger partial charge in [0, 0.05) is 22.8 Å². The number of nitrogens with zero attached hydrogens (tertiary/aromatic N) is 2. The van der Waals surface area contributed by atoms with Gasteiger partial charge in [-0.1, -0.05) is 0 Å². The Labute approximate surface area is 138 Å². The zero-order valence-corrected chi connectivity index (χ0v) is 14.4. The molecule has 1 N–H and O–H groups in total. The number of fused-ring (bicyclic) bond motifs is 1. The number of pyridine rings is 1. The van der Waals surface area contributed by atoms with Crippen LogP contribution in [0, 0.1) is 6.92 Å². The summed E-state index contributed by atoms with van der Waals surface area (Å²) in [5.74, 6) is 0. The third-order valence-corrected chi connectivity index (χ3v) is 4.00. The number of imidazole rings is 1. The van der Waals surface area contributed by atoms with Gasteiger partial charge in [0.15, 0.2) is 5.65 Å². The predicted molar refractivity (Wildman–Crippen MR) is 93.1 cm³/mol. The maximum Gasteiger partial charge on any atom is 0.412 e. The summed E-state index contributed by atoms with van der Waals surface area (Å²) in [6, 6.07) is 5.75. The lowest BCUT2D eigenvalue weighted by Crippen LogP contribution is -2.27. The molecule has 0 aliphatic heterocycles. The topological polar surface area (TPSA) is 55.6 Å². The van der Waals surface area contributed by atoms with E-state index < -0.39 is 11.7 Å². The van der Waals surface area contributed by atoms with E-state index in [1.165, 1.54) is 0 Å². The average molecular weight is 329 g/mol. The smallest absolute Gasteiger partial charge is 0.412 e. The number of hydrogen-bond donors (Lipinski definition) is 1. The van der Waals surface area contributed by atoms with Gasteiger partial charge in [0.25, 0.3) is 0 Å². The minimum absolute atomic E-state index is 0.483. The van der Waals surface area contributed by atoms with Gasteiger partial charge in [-0.2, -0.15) is 11.3 Å². The van der Waals surface area contributed by atoms with Crippen LogP contribution in [-0.2, 0) is 4.74 Å². The third kappa shape index (κ3) is 3.22. The molecule has 3 heterocycles. The molecular formula is C17H19N3O2S. The molecule has 23 heavy (non-hydrogen) atoms. The van der Waals surface area contributed by atoms with Crippen molar-refractivity contribution in [3.05, 3.63) is 40.8 Å². The number of amides is 1. The zero-order chi connectivity index (χ0) is 16.6. The highest BCUT2D eigenvalue weighted by Crippen LogP contribution is 2.28. The summed E-state index contributed by atoms with van der Waals surface area (Å²) in [4.78, 5) is 16.7. The number of hydrogen-bond acceptors (Lipinski definition) is 4. The molecule has 120 valence electrons. The maximum absolute atomic E-state index is 12.0. The van der Waals surface area contributed by atoms with Gasteiger partial charge < -0.3 is 9.14 Å². The molecule has 5 nitrogen and oxygen atoms in total. The van der Waals surface area contributed by atoms with Crippen LogP contribution in [0.5, 0.6) is 0 Å². The number of ether oxygens (including phenoxy) is 1. The van der Waals surface area contributed by atoms with Crippen molar-refractivity contribution in [3.8, 4) is 11.3 Å². The molecule has 0 aromatic carbocycles. The first-order valence-electron chi connectivity index (χ1n) is 7.35. The highest BCUT2D eigenvalue weighted by molar-refractivity contribution is 7.08. The van der Waals surface area contributed by atoms with E-state index in [1.807, 2.05) is 61.9 Å². The SMILES string of the molecule is Cc1c(-c2ccsc2)nc2c(NC(=O)OC(C)(C)C)cccn12. The Morgan fingerprint density at radius 2 is 2.13 bits per heavy atom. The van der Waals surface area contributed by atoms with Crippen molar-refractivity contribution in [2.45, 2.75) is 33.3 Å². The minimum atomic E-state index is -0.539. The summed E-state index contributed by atoms with van der Waals surface area (Å²) >= 11 is 1.64. The first-order valence-corrected chi connectivity index (χ1v) is 8.30. The number of carbonyl (C=O) groups excluding carboxylic acids is 1. The van der Waals surface area contributed by atoms with E-state index in [1.54, 1.807) is 11.3 Å². The van der Waals surface area contributed by atoms with Crippen molar-refractivity contribution in [1.82, 2.24) is 9.38 Å². The summed E-state index contributed by atoms with van der Waals surface area (Å²) in [6.45, 7) is 7.52. The molecule has 0 fully saturated rings. The molecule has 0 saturated carbocycles. The van der Waals surface area contributed by atoms with Gasteiger partial charge in [-0.15, -0.1) is 0 Å². The van der Waals surface area contributed by atoms with Crippen LogP contribution in [0.2, 0.25) is 0 Å². The minimum Gasteiger partial charge on any atom is -0.444 e. The molecule has 0 atom stereocenters. The van der Waals surface area contributed by atoms with Gasteiger partial charge in [0.05, 0.1) is 11.4 Å². The highest BCUT2D eigenvalue weighted by atomic mass is 32.1. The Balaban J connectivity index is 1.99. The standard InChI is InChI=1S/C17H19N3O2S/c1-11-14(12-7-9-23-10-12)19-15-13(6-5-8-20(11)15)18-16(21)22-17(2,3)4/h5-10H,1-4H3,(H,18,21). The second-order valence-electron chi connectivity index (χ2n) is 6.30. The highest BCUT2D eigenvalue weighted by Gasteiger charge is 2.18. The summed E-state index contributed by atoms with van der Waals surface area (Å²) in [6.07, 6.45) is 1.46. The lowest BCUT2D eigenvalue weighted by molar-refractivity contribution is 0.0636. The Hall–Kier alpha value is -2.34. The first-order chi connectivity index (χ1) is 10.8. The van der Waals surface area contributed by atoms with Crippen molar-refractivity contribution < 1.29 is 9.53 Å². The number of anilines is 1. The van der Waals surface area contributed by atoms with E-state index in [9.17, 15) is 4.79 Å². The molecule has 0 radical (unpaired) electrons. The predicted octanol–water partition coefficient (Wildman–Crippen LogP) is 4.72. The number of nitrogens with one attached hydrogen (secondary N) is 1. The van der Waals surface area contributed by atoms with Gasteiger partial charge >= 0.3 is 6.09 Å². The Kier molecular flexibility index (Phi) is 3.85. The zero-order valence-electron chi connectivity index (χ0n) is 13.6. The van der Waals surface area contributed by atoms with E-state index >= 15 is 0 Å². The van der Waals surface area contributed by atoms with Gasteiger partial charge in [-0.05, 0) is 51.3 Å². The van der Waals surface area contributed by atoms with E-state index in [0.29, 0.717) is 11.3 Å². The van der Waals surface area contributed by atoms with E-state index in [4.69, 9.17) is 9.72 Å². The lowest BCUT2D eigenvalue weighted by Gasteiger charge is -2.19. The van der Waals surface area contributed by atoms with Crippen LogP contribution < -0.4 is 5.32 Å². The van der Waals surface area contributed by atoms with E-state index in [-0.39, 0.29) is 0 Å². The molecule has 0 saturated heterocycles. The number of carbonyl (C=O) groups is 1. The van der Waals surface area contributed by atoms with Crippen molar-refractivity contribution >= 4 is 28.8 Å². The van der Waals surface area contributed by atoms with Crippen LogP contribution >= 0.6 is 11.3 Å². The van der Waals surface area contributed by atoms with Gasteiger partial charge in [-0.25, -0.2) is 9.78 Å². The molecule has 3 aromatic rings. The molecule has 3 aromatic heterocycles. The van der Waals surface area contributed by atoms with Crippen LogP contribution in [0.15, 0.2) is 35.2 Å². The molecule has 0 unspecified atom stereocenters. The van der Waals surface area contributed by atoms with Gasteiger partial charge in [0.2, 0.25) is 0 Å². The molecule has 0 aliphatic rings. The summed E-state index contributed by atoms with van der Waals surface area (Å²) in [5, 5.41) is 6.88. The number of rotatable bonds is 2. The van der Waals surface area contributed by atoms with Crippen LogP contribution in [0.4, 0.5) is 10.5 Å². The second-order valence-corrected chi connectivity index (χ2v) is 7.08. The largest absolute Gasteiger partial charge is 0.444 e. The maximum atomic E-state index is 12.0. The normalized spacial score (nSPS) is 11.7. The second kappa shape index (κ2) is 5.70. The van der Waals surface area contributed by atoms with Crippen LogP contribution in [0.1, 0.15) is 26.5 Å². The molecule has 0 spiro atoms. The molecule has 0 aliphatic carbocycles. The average Bonchev–Trinajstić information content (AvgIpc) is 3.06. The fourth-order valence-electron chi connectivity index (χ4n) is 2.37. The molecule has 6 heteroatoms. The molecule has 0 bridgehead atoms. The van der Waals surface area contributed by atoms with Crippen molar-refractivity contribution in [2.24, 2.45) is 0 Å². The first kappa shape index (κ1) is 15.6. The number of aryl methyl sites for hydroxylation is 1. The van der Waals surface area contributed by atoms with E-state index in [2.05, 4.69) is 10.7 Å². The van der Waals surface area contributed by atoms with Crippen molar-refractivity contribution in [3.63, 3.8) is 0 Å². The van der Waals surface area contributed by atoms with Crippen molar-refractivity contribution in [2.75, 3.05) is 5.32 Å². The van der Waals surface area contributed by atoms with Crippen molar-refractivity contribution in [1.29, 1.82) is 0 Å².